The lowest BCUT2D eigenvalue weighted by molar-refractivity contribution is -0.139. The summed E-state index contributed by atoms with van der Waals surface area (Å²) in [6, 6.07) is 0. The number of morpholine rings is 1. The minimum Gasteiger partial charge on any atom is -0.367 e. The molecule has 0 spiro atoms. The van der Waals surface area contributed by atoms with Gasteiger partial charge in [0.15, 0.2) is 11.6 Å². The average molecular weight is 347 g/mol. The smallest absolute Gasteiger partial charge is 0.223 e. The van der Waals surface area contributed by atoms with Crippen molar-refractivity contribution in [1.29, 1.82) is 0 Å². The molecule has 8 nitrogen and oxygen atoms in total. The zero-order chi connectivity index (χ0) is 18.0. The van der Waals surface area contributed by atoms with Gasteiger partial charge in [0.1, 0.15) is 11.9 Å². The Labute approximate surface area is 146 Å². The number of ether oxygens (including phenoxy) is 1. The monoisotopic (exact) mass is 347 g/mol. The Morgan fingerprint density at radius 2 is 2.20 bits per heavy atom. The first-order valence-electron chi connectivity index (χ1n) is 8.69. The molecule has 1 fully saturated rings. The molecular weight excluding hydrogens is 322 g/mol. The van der Waals surface area contributed by atoms with Crippen molar-refractivity contribution in [2.24, 2.45) is 0 Å². The minimum absolute atomic E-state index is 0.108. The molecule has 1 atom stereocenters. The lowest BCUT2D eigenvalue weighted by Crippen LogP contribution is -2.42. The molecule has 3 heterocycles. The van der Waals surface area contributed by atoms with E-state index in [1.54, 1.807) is 0 Å². The number of hydrogen-bond acceptors (Lipinski definition) is 6. The summed E-state index contributed by atoms with van der Waals surface area (Å²) < 4.78 is 10.9. The van der Waals surface area contributed by atoms with Crippen LogP contribution < -0.4 is 0 Å². The molecule has 1 N–H and O–H groups in total. The summed E-state index contributed by atoms with van der Waals surface area (Å²) in [7, 11) is 0. The Balaban J connectivity index is 1.59. The predicted octanol–water partition coefficient (Wildman–Crippen LogP) is 2.07. The SMILES string of the molecule is Cc1noc(C)c1CCC(=O)N1CCO[C@H](c2nc(C(C)C)n[nH]2)C1. The topological polar surface area (TPSA) is 97.1 Å². The Kier molecular flexibility index (Phi) is 5.17. The summed E-state index contributed by atoms with van der Waals surface area (Å²) in [6.07, 6.45) is 0.821. The number of H-pyrrole nitrogens is 1. The van der Waals surface area contributed by atoms with Crippen molar-refractivity contribution in [3.63, 3.8) is 0 Å². The second kappa shape index (κ2) is 7.35. The summed E-state index contributed by atoms with van der Waals surface area (Å²) in [5.41, 5.74) is 1.88. The molecule has 2 aromatic heterocycles. The summed E-state index contributed by atoms with van der Waals surface area (Å²) in [6.45, 7) is 9.45. The number of hydrogen-bond donors (Lipinski definition) is 1. The lowest BCUT2D eigenvalue weighted by atomic mass is 10.1. The van der Waals surface area contributed by atoms with Crippen LogP contribution >= 0.6 is 0 Å². The van der Waals surface area contributed by atoms with Crippen LogP contribution in [0.3, 0.4) is 0 Å². The fraction of sp³-hybridized carbons (Fsp3) is 0.647. The van der Waals surface area contributed by atoms with Gasteiger partial charge in [0.2, 0.25) is 5.91 Å². The Morgan fingerprint density at radius 1 is 1.40 bits per heavy atom. The lowest BCUT2D eigenvalue weighted by Gasteiger charge is -2.32. The molecule has 0 unspecified atom stereocenters. The number of nitrogens with one attached hydrogen (secondary N) is 1. The van der Waals surface area contributed by atoms with Crippen LogP contribution in [0.5, 0.6) is 0 Å². The van der Waals surface area contributed by atoms with E-state index in [4.69, 9.17) is 9.26 Å². The largest absolute Gasteiger partial charge is 0.367 e. The van der Waals surface area contributed by atoms with E-state index in [-0.39, 0.29) is 17.9 Å². The van der Waals surface area contributed by atoms with E-state index in [0.717, 1.165) is 22.8 Å². The molecular formula is C17H25N5O3. The molecule has 1 aliphatic rings. The standard InChI is InChI=1S/C17H25N5O3/c1-10(2)16-18-17(20-19-16)14-9-22(7-8-24-14)15(23)6-5-13-11(3)21-25-12(13)4/h10,14H,5-9H2,1-4H3,(H,18,19,20)/t14-/m0/s1. The highest BCUT2D eigenvalue weighted by Crippen LogP contribution is 2.22. The van der Waals surface area contributed by atoms with Gasteiger partial charge >= 0.3 is 0 Å². The number of nitrogens with zero attached hydrogens (tertiary/aromatic N) is 4. The molecule has 0 aliphatic carbocycles. The van der Waals surface area contributed by atoms with Gasteiger partial charge in [0.05, 0.1) is 18.8 Å². The summed E-state index contributed by atoms with van der Waals surface area (Å²) in [5, 5.41) is 11.1. The molecule has 1 saturated heterocycles. The van der Waals surface area contributed by atoms with Crippen molar-refractivity contribution in [2.75, 3.05) is 19.7 Å². The van der Waals surface area contributed by atoms with E-state index >= 15 is 0 Å². The van der Waals surface area contributed by atoms with Crippen molar-refractivity contribution in [1.82, 2.24) is 25.2 Å². The predicted molar refractivity (Wildman–Crippen MR) is 90.0 cm³/mol. The summed E-state index contributed by atoms with van der Waals surface area (Å²) in [4.78, 5) is 18.9. The van der Waals surface area contributed by atoms with Crippen molar-refractivity contribution < 1.29 is 14.1 Å². The molecule has 0 bridgehead atoms. The third-order valence-electron chi connectivity index (χ3n) is 4.53. The normalized spacial score (nSPS) is 18.1. The van der Waals surface area contributed by atoms with Gasteiger partial charge in [-0.1, -0.05) is 19.0 Å². The van der Waals surface area contributed by atoms with Gasteiger partial charge in [-0.15, -0.1) is 0 Å². The maximum absolute atomic E-state index is 12.6. The molecule has 2 aromatic rings. The van der Waals surface area contributed by atoms with Crippen molar-refractivity contribution >= 4 is 5.91 Å². The molecule has 1 amide bonds. The van der Waals surface area contributed by atoms with Crippen LogP contribution in [0.25, 0.3) is 0 Å². The molecule has 136 valence electrons. The van der Waals surface area contributed by atoms with Crippen LogP contribution in [0.2, 0.25) is 0 Å². The zero-order valence-electron chi connectivity index (χ0n) is 15.2. The van der Waals surface area contributed by atoms with Gasteiger partial charge in [-0.05, 0) is 20.3 Å². The van der Waals surface area contributed by atoms with Crippen LogP contribution in [0.4, 0.5) is 0 Å². The van der Waals surface area contributed by atoms with Gasteiger partial charge in [-0.25, -0.2) is 4.98 Å². The number of carbonyl (C=O) groups excluding carboxylic acids is 1. The second-order valence-corrected chi connectivity index (χ2v) is 6.74. The molecule has 0 saturated carbocycles. The van der Waals surface area contributed by atoms with Gasteiger partial charge < -0.3 is 14.2 Å². The highest BCUT2D eigenvalue weighted by Gasteiger charge is 2.28. The first-order valence-corrected chi connectivity index (χ1v) is 8.69. The quantitative estimate of drug-likeness (QED) is 0.889. The van der Waals surface area contributed by atoms with Crippen LogP contribution in [0, 0.1) is 13.8 Å². The van der Waals surface area contributed by atoms with Gasteiger partial charge in [-0.2, -0.15) is 5.10 Å². The fourth-order valence-electron chi connectivity index (χ4n) is 2.98. The van der Waals surface area contributed by atoms with Crippen LogP contribution in [0.15, 0.2) is 4.52 Å². The Hall–Kier alpha value is -2.22. The van der Waals surface area contributed by atoms with Crippen molar-refractivity contribution in [3.8, 4) is 0 Å². The third kappa shape index (κ3) is 3.89. The number of rotatable bonds is 5. The Bertz CT molecular complexity index is 717. The number of aryl methyl sites for hydroxylation is 2. The van der Waals surface area contributed by atoms with Gasteiger partial charge in [0.25, 0.3) is 0 Å². The van der Waals surface area contributed by atoms with E-state index in [1.165, 1.54) is 0 Å². The van der Waals surface area contributed by atoms with Crippen molar-refractivity contribution in [3.05, 3.63) is 28.7 Å². The third-order valence-corrected chi connectivity index (χ3v) is 4.53. The minimum atomic E-state index is -0.253. The summed E-state index contributed by atoms with van der Waals surface area (Å²) in [5.74, 6) is 2.60. The van der Waals surface area contributed by atoms with E-state index < -0.39 is 0 Å². The Morgan fingerprint density at radius 3 is 2.84 bits per heavy atom. The first kappa shape index (κ1) is 17.6. The maximum atomic E-state index is 12.6. The number of carbonyl (C=O) groups is 1. The van der Waals surface area contributed by atoms with Gasteiger partial charge in [-0.3, -0.25) is 9.89 Å². The molecule has 25 heavy (non-hydrogen) atoms. The van der Waals surface area contributed by atoms with E-state index in [1.807, 2.05) is 32.6 Å². The van der Waals surface area contributed by atoms with E-state index in [9.17, 15) is 4.79 Å². The van der Waals surface area contributed by atoms with E-state index in [2.05, 4.69) is 20.3 Å². The first-order chi connectivity index (χ1) is 12.0. The maximum Gasteiger partial charge on any atom is 0.223 e. The van der Waals surface area contributed by atoms with Crippen molar-refractivity contribution in [2.45, 2.75) is 52.6 Å². The second-order valence-electron chi connectivity index (χ2n) is 6.74. The van der Waals surface area contributed by atoms with E-state index in [0.29, 0.717) is 38.4 Å². The van der Waals surface area contributed by atoms with Gasteiger partial charge in [0, 0.05) is 24.4 Å². The summed E-state index contributed by atoms with van der Waals surface area (Å²) >= 11 is 0. The molecule has 8 heteroatoms. The number of aromatic nitrogens is 4. The molecule has 3 rings (SSSR count). The number of amides is 1. The van der Waals surface area contributed by atoms with Crippen LogP contribution in [0.1, 0.15) is 61.0 Å². The number of aromatic amines is 1. The molecule has 1 aliphatic heterocycles. The zero-order valence-corrected chi connectivity index (χ0v) is 15.2. The molecule has 0 aromatic carbocycles. The fourth-order valence-corrected chi connectivity index (χ4v) is 2.98. The highest BCUT2D eigenvalue weighted by molar-refractivity contribution is 5.76. The highest BCUT2D eigenvalue weighted by atomic mass is 16.5. The van der Waals surface area contributed by atoms with Crippen LogP contribution in [-0.2, 0) is 16.0 Å². The van der Waals surface area contributed by atoms with Crippen LogP contribution in [-0.4, -0.2) is 50.8 Å². The average Bonchev–Trinajstić information content (AvgIpc) is 3.21. The molecule has 0 radical (unpaired) electrons.